The number of rotatable bonds is 11. The molecule has 2 aromatic carbocycles. The van der Waals surface area contributed by atoms with E-state index in [1.54, 1.807) is 13.8 Å². The molecule has 0 aliphatic carbocycles. The number of benzene rings is 2. The maximum atomic E-state index is 11.2. The molecule has 2 aliphatic heterocycles. The van der Waals surface area contributed by atoms with Crippen molar-refractivity contribution in [3.8, 4) is 17.2 Å². The normalized spacial score (nSPS) is 18.5. The van der Waals surface area contributed by atoms with Crippen molar-refractivity contribution in [2.24, 2.45) is 0 Å². The number of alkyl halides is 1. The highest BCUT2D eigenvalue weighted by Crippen LogP contribution is 2.26. The Bertz CT molecular complexity index is 1320. The van der Waals surface area contributed by atoms with E-state index in [-0.39, 0.29) is 35.3 Å². The van der Waals surface area contributed by atoms with E-state index in [2.05, 4.69) is 63.9 Å². The van der Waals surface area contributed by atoms with Gasteiger partial charge in [-0.1, -0.05) is 60.7 Å². The number of carbonyl (C=O) groups excluding carboxylic acids is 2. The Morgan fingerprint density at radius 3 is 1.80 bits per heavy atom. The maximum absolute atomic E-state index is 11.2. The van der Waals surface area contributed by atoms with Gasteiger partial charge in [0.15, 0.2) is 5.75 Å². The Morgan fingerprint density at radius 2 is 1.36 bits per heavy atom. The van der Waals surface area contributed by atoms with Gasteiger partial charge in [0.05, 0.1) is 18.9 Å². The molecule has 2 saturated heterocycles. The van der Waals surface area contributed by atoms with Crippen molar-refractivity contribution >= 4 is 40.1 Å². The average Bonchev–Trinajstić information content (AvgIpc) is 3.72. The van der Waals surface area contributed by atoms with Crippen molar-refractivity contribution < 1.29 is 24.2 Å². The number of halogens is 1. The van der Waals surface area contributed by atoms with Crippen LogP contribution >= 0.6 is 22.6 Å². The number of anilines is 1. The first-order valence-corrected chi connectivity index (χ1v) is 17.7. The van der Waals surface area contributed by atoms with Gasteiger partial charge in [-0.3, -0.25) is 0 Å². The molecule has 45 heavy (non-hydrogen) atoms. The summed E-state index contributed by atoms with van der Waals surface area (Å²) in [4.78, 5) is 34.6. The van der Waals surface area contributed by atoms with E-state index in [0.717, 1.165) is 49.5 Å². The molecule has 0 radical (unpaired) electrons. The van der Waals surface area contributed by atoms with Crippen LogP contribution in [0.4, 0.5) is 5.95 Å². The van der Waals surface area contributed by atoms with Gasteiger partial charge >= 0.3 is 0 Å². The first-order chi connectivity index (χ1) is 21.7. The smallest absolute Gasteiger partial charge is 0.225 e. The average molecular weight is 731 g/mol. The summed E-state index contributed by atoms with van der Waals surface area (Å²) in [6.07, 6.45) is 6.31. The molecule has 3 heterocycles. The van der Waals surface area contributed by atoms with Gasteiger partial charge in [-0.25, -0.2) is 9.97 Å². The molecule has 3 aromatic rings. The summed E-state index contributed by atoms with van der Waals surface area (Å²) in [5.74, 6) is 3.37. The van der Waals surface area contributed by atoms with Crippen LogP contribution in [0.2, 0.25) is 0 Å². The highest BCUT2D eigenvalue weighted by Gasteiger charge is 2.26. The molecule has 9 nitrogen and oxygen atoms in total. The van der Waals surface area contributed by atoms with Gasteiger partial charge in [0, 0.05) is 32.4 Å². The minimum atomic E-state index is 0.0647. The van der Waals surface area contributed by atoms with E-state index in [4.69, 9.17) is 9.47 Å². The number of hydrogen-bond acceptors (Lipinski definition) is 9. The molecule has 2 N–H and O–H groups in total. The quantitative estimate of drug-likeness (QED) is 0.169. The number of nitrogens with one attached hydrogen (secondary N) is 1. The zero-order valence-corrected chi connectivity index (χ0v) is 29.2. The molecule has 2 fully saturated rings. The minimum Gasteiger partial charge on any atom is -0.505 e. The van der Waals surface area contributed by atoms with Crippen molar-refractivity contribution in [1.82, 2.24) is 15.3 Å². The zero-order valence-electron chi connectivity index (χ0n) is 27.0. The van der Waals surface area contributed by atoms with E-state index in [1.807, 2.05) is 46.2 Å². The van der Waals surface area contributed by atoms with Gasteiger partial charge in [0.1, 0.15) is 35.3 Å². The van der Waals surface area contributed by atoms with E-state index in [9.17, 15) is 14.7 Å². The highest BCUT2D eigenvalue weighted by atomic mass is 127. The predicted molar refractivity (Wildman–Crippen MR) is 187 cm³/mol. The highest BCUT2D eigenvalue weighted by molar-refractivity contribution is 14.1. The maximum Gasteiger partial charge on any atom is 0.225 e. The molecule has 244 valence electrons. The second kappa shape index (κ2) is 18.7. The largest absolute Gasteiger partial charge is 0.505 e. The first-order valence-electron chi connectivity index (χ1n) is 15.5. The third-order valence-electron chi connectivity index (χ3n) is 7.76. The Balaban J connectivity index is 0.000000244. The van der Waals surface area contributed by atoms with Crippen LogP contribution in [0, 0.1) is 0 Å². The molecule has 4 atom stereocenters. The van der Waals surface area contributed by atoms with Gasteiger partial charge in [-0.15, -0.1) is 0 Å². The molecule has 0 amide bonds. The van der Waals surface area contributed by atoms with Crippen LogP contribution in [-0.4, -0.2) is 70.0 Å². The fraction of sp³-hybridized carbons (Fsp3) is 0.486. The standard InChI is InChI=1S/C19H23N3O3.C15H21NO2.CH3I/c1-13(9-14(2)23)15-3-5-17(6-4-15)25-18-7-8-22(12-18)19-20-10-16(24)11-21-19;1-11(9-12(2)17)13-3-5-14(6-4-13)18-15-7-8-16-10-15;1-2/h3-6,10-11,13,18,24H,7-9,12H2,1-2H3;3-6,11,15-16H,7-10H2,1-2H3;1H3/t13-,18-;11-,15-;/m11./s1. The molecular weight excluding hydrogens is 683 g/mol. The van der Waals surface area contributed by atoms with Crippen molar-refractivity contribution in [3.05, 3.63) is 72.1 Å². The number of hydrogen-bond donors (Lipinski definition) is 2. The summed E-state index contributed by atoms with van der Waals surface area (Å²) in [5, 5.41) is 12.6. The van der Waals surface area contributed by atoms with Crippen molar-refractivity contribution in [3.63, 3.8) is 0 Å². The summed E-state index contributed by atoms with van der Waals surface area (Å²) < 4.78 is 11.9. The van der Waals surface area contributed by atoms with Crippen LogP contribution in [0.3, 0.4) is 0 Å². The molecule has 2 aliphatic rings. The van der Waals surface area contributed by atoms with Crippen molar-refractivity contribution in [2.75, 3.05) is 36.0 Å². The molecule has 0 unspecified atom stereocenters. The summed E-state index contributed by atoms with van der Waals surface area (Å²) in [6, 6.07) is 16.1. The lowest BCUT2D eigenvalue weighted by atomic mass is 9.96. The number of carbonyl (C=O) groups is 2. The van der Waals surface area contributed by atoms with Crippen LogP contribution in [0.5, 0.6) is 17.2 Å². The minimum absolute atomic E-state index is 0.0647. The Kier molecular flexibility index (Phi) is 15.0. The predicted octanol–water partition coefficient (Wildman–Crippen LogP) is 6.48. The number of ketones is 2. The molecule has 0 bridgehead atoms. The topological polar surface area (TPSA) is 114 Å². The number of aromatic hydroxyl groups is 1. The fourth-order valence-corrected chi connectivity index (χ4v) is 5.45. The van der Waals surface area contributed by atoms with Crippen LogP contribution in [0.1, 0.15) is 76.3 Å². The molecule has 5 rings (SSSR count). The lowest BCUT2D eigenvalue weighted by Crippen LogP contribution is -2.25. The lowest BCUT2D eigenvalue weighted by molar-refractivity contribution is -0.118. The molecular formula is C35H47IN4O5. The fourth-order valence-electron chi connectivity index (χ4n) is 5.45. The number of nitrogens with zero attached hydrogens (tertiary/aromatic N) is 3. The summed E-state index contributed by atoms with van der Waals surface area (Å²) in [6.45, 7) is 10.9. The first kappa shape index (κ1) is 36.2. The van der Waals surface area contributed by atoms with Gasteiger partial charge in [0.2, 0.25) is 5.95 Å². The van der Waals surface area contributed by atoms with Gasteiger partial charge < -0.3 is 34.4 Å². The SMILES string of the molecule is CC(=O)C[C@@H](C)c1ccc(O[C@@H]2CCN(c3ncc(O)cn3)C2)cc1.CC(=O)C[C@@H](C)c1ccc(O[C@@H]2CCNC2)cc1.CI. The Labute approximate surface area is 281 Å². The molecule has 10 heteroatoms. The summed E-state index contributed by atoms with van der Waals surface area (Å²) >= 11 is 2.15. The number of Topliss-reactive ketones (excluding diaryl/α,β-unsaturated/α-hetero) is 2. The van der Waals surface area contributed by atoms with E-state index in [1.165, 1.54) is 18.0 Å². The summed E-state index contributed by atoms with van der Waals surface area (Å²) in [5.41, 5.74) is 2.34. The van der Waals surface area contributed by atoms with E-state index < -0.39 is 0 Å². The second-order valence-electron chi connectivity index (χ2n) is 11.7. The number of aromatic nitrogens is 2. The van der Waals surface area contributed by atoms with Gasteiger partial charge in [-0.2, -0.15) is 0 Å². The van der Waals surface area contributed by atoms with Crippen LogP contribution in [-0.2, 0) is 9.59 Å². The van der Waals surface area contributed by atoms with Gasteiger partial charge in [0.25, 0.3) is 0 Å². The third-order valence-corrected chi connectivity index (χ3v) is 7.76. The lowest BCUT2D eigenvalue weighted by Gasteiger charge is -2.17. The molecule has 1 aromatic heterocycles. The Hall–Kier alpha value is -3.25. The zero-order chi connectivity index (χ0) is 32.8. The van der Waals surface area contributed by atoms with Crippen LogP contribution in [0.15, 0.2) is 60.9 Å². The number of ether oxygens (including phenoxy) is 2. The van der Waals surface area contributed by atoms with E-state index in [0.29, 0.717) is 31.4 Å². The Morgan fingerprint density at radius 1 is 0.867 bits per heavy atom. The van der Waals surface area contributed by atoms with Gasteiger partial charge in [-0.05, 0) is 79.0 Å². The van der Waals surface area contributed by atoms with Crippen molar-refractivity contribution in [2.45, 2.75) is 77.4 Å². The van der Waals surface area contributed by atoms with E-state index >= 15 is 0 Å². The molecule has 0 saturated carbocycles. The van der Waals surface area contributed by atoms with Crippen molar-refractivity contribution in [1.29, 1.82) is 0 Å². The summed E-state index contributed by atoms with van der Waals surface area (Å²) in [7, 11) is 0. The van der Waals surface area contributed by atoms with Crippen LogP contribution in [0.25, 0.3) is 0 Å². The third kappa shape index (κ3) is 12.2. The molecule has 0 spiro atoms. The second-order valence-corrected chi connectivity index (χ2v) is 11.7. The van der Waals surface area contributed by atoms with Crippen LogP contribution < -0.4 is 19.7 Å². The monoisotopic (exact) mass is 730 g/mol.